The van der Waals surface area contributed by atoms with Gasteiger partial charge in [-0.3, -0.25) is 4.79 Å². The van der Waals surface area contributed by atoms with Crippen molar-refractivity contribution >= 4 is 15.9 Å². The summed E-state index contributed by atoms with van der Waals surface area (Å²) in [5.74, 6) is 0.392. The molecule has 1 aliphatic heterocycles. The minimum absolute atomic E-state index is 0.155. The van der Waals surface area contributed by atoms with Crippen molar-refractivity contribution in [2.75, 3.05) is 26.2 Å². The van der Waals surface area contributed by atoms with Crippen molar-refractivity contribution in [3.63, 3.8) is 0 Å². The van der Waals surface area contributed by atoms with Crippen molar-refractivity contribution < 1.29 is 13.2 Å². The molecule has 0 radical (unpaired) electrons. The first-order chi connectivity index (χ1) is 13.1. The number of hydrogen-bond acceptors (Lipinski definition) is 3. The Balaban J connectivity index is 1.41. The van der Waals surface area contributed by atoms with E-state index in [0.717, 1.165) is 44.9 Å². The lowest BCUT2D eigenvalue weighted by Crippen LogP contribution is -2.52. The molecule has 1 heterocycles. The summed E-state index contributed by atoms with van der Waals surface area (Å²) in [6.07, 6.45) is 9.86. The molecule has 0 atom stereocenters. The molecule has 0 aromatic heterocycles. The molecule has 1 aromatic carbocycles. The fourth-order valence-corrected chi connectivity index (χ4v) is 6.25. The number of carbonyl (C=O) groups is 1. The van der Waals surface area contributed by atoms with Crippen LogP contribution in [0, 0.1) is 5.92 Å². The molecule has 2 aliphatic carbocycles. The van der Waals surface area contributed by atoms with Crippen molar-refractivity contribution in [3.05, 3.63) is 29.3 Å². The monoisotopic (exact) mass is 390 g/mol. The molecule has 6 heteroatoms. The average molecular weight is 391 g/mol. The summed E-state index contributed by atoms with van der Waals surface area (Å²) < 4.78 is 27.7. The molecule has 27 heavy (non-hydrogen) atoms. The number of fused-ring (bicyclic) bond motifs is 1. The molecule has 1 aromatic rings. The number of amides is 1. The van der Waals surface area contributed by atoms with E-state index in [1.165, 1.54) is 24.0 Å². The standard InChI is InChI=1S/C21H30N2O3S/c24-21(18-7-2-1-3-8-18)22-12-14-23(15-13-22)27(25,26)20-11-10-17-6-4-5-9-19(17)16-20/h10-11,16,18H,1-9,12-15H2. The first-order valence-electron chi connectivity index (χ1n) is 10.5. The van der Waals surface area contributed by atoms with Crippen LogP contribution in [0.3, 0.4) is 0 Å². The van der Waals surface area contributed by atoms with Crippen LogP contribution >= 0.6 is 0 Å². The Morgan fingerprint density at radius 3 is 2.22 bits per heavy atom. The molecule has 1 saturated heterocycles. The summed E-state index contributed by atoms with van der Waals surface area (Å²) in [4.78, 5) is 15.0. The molecular weight excluding hydrogens is 360 g/mol. The quantitative estimate of drug-likeness (QED) is 0.797. The van der Waals surface area contributed by atoms with Crippen LogP contribution in [-0.2, 0) is 27.7 Å². The molecule has 0 bridgehead atoms. The molecule has 4 rings (SSSR count). The van der Waals surface area contributed by atoms with Gasteiger partial charge in [0, 0.05) is 32.1 Å². The first kappa shape index (κ1) is 18.9. The van der Waals surface area contributed by atoms with Gasteiger partial charge in [0.2, 0.25) is 15.9 Å². The largest absolute Gasteiger partial charge is 0.340 e. The van der Waals surface area contributed by atoms with Crippen LogP contribution in [0.2, 0.25) is 0 Å². The Hall–Kier alpha value is -1.40. The van der Waals surface area contributed by atoms with E-state index in [-0.39, 0.29) is 11.8 Å². The minimum Gasteiger partial charge on any atom is -0.340 e. The maximum Gasteiger partial charge on any atom is 0.243 e. The van der Waals surface area contributed by atoms with E-state index in [0.29, 0.717) is 31.1 Å². The highest BCUT2D eigenvalue weighted by Crippen LogP contribution is 2.28. The van der Waals surface area contributed by atoms with Crippen LogP contribution in [0.5, 0.6) is 0 Å². The normalized spacial score (nSPS) is 22.4. The lowest BCUT2D eigenvalue weighted by atomic mass is 9.88. The summed E-state index contributed by atoms with van der Waals surface area (Å²) >= 11 is 0. The van der Waals surface area contributed by atoms with Crippen LogP contribution in [0.15, 0.2) is 23.1 Å². The van der Waals surface area contributed by atoms with Gasteiger partial charge in [-0.1, -0.05) is 25.3 Å². The van der Waals surface area contributed by atoms with E-state index in [1.807, 2.05) is 17.0 Å². The fourth-order valence-electron chi connectivity index (χ4n) is 4.78. The van der Waals surface area contributed by atoms with Gasteiger partial charge >= 0.3 is 0 Å². The second-order valence-corrected chi connectivity index (χ2v) is 10.1. The number of nitrogens with zero attached hydrogens (tertiary/aromatic N) is 2. The number of carbonyl (C=O) groups excluding carboxylic acids is 1. The third kappa shape index (κ3) is 3.92. The van der Waals surface area contributed by atoms with E-state index < -0.39 is 10.0 Å². The number of piperazine rings is 1. The molecule has 2 fully saturated rings. The van der Waals surface area contributed by atoms with Crippen molar-refractivity contribution in [1.82, 2.24) is 9.21 Å². The summed E-state index contributed by atoms with van der Waals surface area (Å²) in [7, 11) is -3.47. The molecule has 0 spiro atoms. The highest BCUT2D eigenvalue weighted by atomic mass is 32.2. The fraction of sp³-hybridized carbons (Fsp3) is 0.667. The maximum absolute atomic E-state index is 13.1. The van der Waals surface area contributed by atoms with Crippen molar-refractivity contribution in [2.24, 2.45) is 5.92 Å². The van der Waals surface area contributed by atoms with Gasteiger partial charge in [-0.05, 0) is 61.8 Å². The van der Waals surface area contributed by atoms with Gasteiger partial charge in [0.15, 0.2) is 0 Å². The van der Waals surface area contributed by atoms with Gasteiger partial charge in [-0.15, -0.1) is 0 Å². The molecule has 0 unspecified atom stereocenters. The zero-order chi connectivity index (χ0) is 18.9. The molecule has 3 aliphatic rings. The van der Waals surface area contributed by atoms with Gasteiger partial charge < -0.3 is 4.90 Å². The molecule has 1 amide bonds. The zero-order valence-corrected chi connectivity index (χ0v) is 16.8. The summed E-state index contributed by atoms with van der Waals surface area (Å²) in [6.45, 7) is 1.83. The van der Waals surface area contributed by atoms with E-state index >= 15 is 0 Å². The van der Waals surface area contributed by atoms with E-state index in [2.05, 4.69) is 0 Å². The van der Waals surface area contributed by atoms with Gasteiger partial charge in [-0.2, -0.15) is 4.31 Å². The molecular formula is C21H30N2O3S. The molecule has 1 saturated carbocycles. The Morgan fingerprint density at radius 2 is 1.52 bits per heavy atom. The third-order valence-corrected chi connectivity index (χ3v) is 8.36. The number of sulfonamides is 1. The lowest BCUT2D eigenvalue weighted by Gasteiger charge is -2.36. The van der Waals surface area contributed by atoms with Crippen LogP contribution in [0.25, 0.3) is 0 Å². The maximum atomic E-state index is 13.1. The second-order valence-electron chi connectivity index (χ2n) is 8.20. The summed E-state index contributed by atoms with van der Waals surface area (Å²) in [6, 6.07) is 5.63. The van der Waals surface area contributed by atoms with Crippen LogP contribution in [0.4, 0.5) is 0 Å². The van der Waals surface area contributed by atoms with Crippen LogP contribution < -0.4 is 0 Å². The summed E-state index contributed by atoms with van der Waals surface area (Å²) in [5.41, 5.74) is 2.48. The molecule has 5 nitrogen and oxygen atoms in total. The van der Waals surface area contributed by atoms with Gasteiger partial charge in [0.05, 0.1) is 4.90 Å². The second kappa shape index (κ2) is 7.92. The van der Waals surface area contributed by atoms with Gasteiger partial charge in [0.25, 0.3) is 0 Å². The number of rotatable bonds is 3. The Morgan fingerprint density at radius 1 is 0.852 bits per heavy atom. The first-order valence-corrected chi connectivity index (χ1v) is 11.9. The minimum atomic E-state index is -3.47. The van der Waals surface area contributed by atoms with Crippen LogP contribution in [0.1, 0.15) is 56.1 Å². The Labute approximate surface area is 162 Å². The Bertz CT molecular complexity index is 792. The number of hydrogen-bond donors (Lipinski definition) is 0. The number of aryl methyl sites for hydroxylation is 2. The lowest BCUT2D eigenvalue weighted by molar-refractivity contribution is -0.137. The van der Waals surface area contributed by atoms with E-state index in [9.17, 15) is 13.2 Å². The van der Waals surface area contributed by atoms with E-state index in [4.69, 9.17) is 0 Å². The summed E-state index contributed by atoms with van der Waals surface area (Å²) in [5, 5.41) is 0. The van der Waals surface area contributed by atoms with Crippen LogP contribution in [-0.4, -0.2) is 49.7 Å². The smallest absolute Gasteiger partial charge is 0.243 e. The van der Waals surface area contributed by atoms with Gasteiger partial charge in [-0.25, -0.2) is 8.42 Å². The highest BCUT2D eigenvalue weighted by Gasteiger charge is 2.33. The Kier molecular flexibility index (Phi) is 5.55. The zero-order valence-electron chi connectivity index (χ0n) is 16.0. The van der Waals surface area contributed by atoms with Crippen molar-refractivity contribution in [3.8, 4) is 0 Å². The topological polar surface area (TPSA) is 57.7 Å². The van der Waals surface area contributed by atoms with Gasteiger partial charge in [0.1, 0.15) is 0 Å². The van der Waals surface area contributed by atoms with E-state index in [1.54, 1.807) is 10.4 Å². The third-order valence-electron chi connectivity index (χ3n) is 6.46. The predicted octanol–water partition coefficient (Wildman–Crippen LogP) is 2.98. The SMILES string of the molecule is O=C(C1CCCCC1)N1CCN(S(=O)(=O)c2ccc3c(c2)CCCC3)CC1. The highest BCUT2D eigenvalue weighted by molar-refractivity contribution is 7.89. The molecule has 148 valence electrons. The molecule has 0 N–H and O–H groups in total. The number of benzene rings is 1. The van der Waals surface area contributed by atoms with Crippen molar-refractivity contribution in [2.45, 2.75) is 62.7 Å². The van der Waals surface area contributed by atoms with Crippen molar-refractivity contribution in [1.29, 1.82) is 0 Å². The average Bonchev–Trinajstić information content (AvgIpc) is 2.73. The predicted molar refractivity (Wildman–Crippen MR) is 105 cm³/mol.